The number of nitrogens with one attached hydrogen (secondary N) is 2. The molecular formula is C29H28ClN5O3S. The molecule has 8 nitrogen and oxygen atoms in total. The number of aromatic nitrogens is 3. The third-order valence-corrected chi connectivity index (χ3v) is 7.37. The zero-order chi connectivity index (χ0) is 27.4. The number of carbonyl (C=O) groups is 1. The van der Waals surface area contributed by atoms with Gasteiger partial charge in [-0.05, 0) is 73.5 Å². The predicted molar refractivity (Wildman–Crippen MR) is 155 cm³/mol. The Morgan fingerprint density at radius 3 is 2.41 bits per heavy atom. The number of hydrogen-bond donors (Lipinski definition) is 2. The maximum atomic E-state index is 13.7. The number of allylic oxidation sites excluding steroid dienone is 1. The van der Waals surface area contributed by atoms with Crippen molar-refractivity contribution in [3.8, 4) is 11.5 Å². The summed E-state index contributed by atoms with van der Waals surface area (Å²) in [5.41, 5.74) is 3.91. The summed E-state index contributed by atoms with van der Waals surface area (Å²) >= 11 is 7.54. The first-order valence-electron chi connectivity index (χ1n) is 12.4. The SMILES string of the molecule is CCOc1ccc([C@@H]2C(C(=O)Nc3ccc(OC)cc3)=C(C)Nc3nc(SCc4ccc(Cl)cc4)nn32)cc1. The van der Waals surface area contributed by atoms with Gasteiger partial charge in [-0.2, -0.15) is 4.98 Å². The van der Waals surface area contributed by atoms with Crippen molar-refractivity contribution in [3.05, 3.63) is 100 Å². The monoisotopic (exact) mass is 561 g/mol. The van der Waals surface area contributed by atoms with E-state index in [-0.39, 0.29) is 5.91 Å². The van der Waals surface area contributed by atoms with Gasteiger partial charge >= 0.3 is 0 Å². The summed E-state index contributed by atoms with van der Waals surface area (Å²) in [5.74, 6) is 2.50. The van der Waals surface area contributed by atoms with Crippen LogP contribution < -0.4 is 20.1 Å². The van der Waals surface area contributed by atoms with Crippen molar-refractivity contribution in [1.82, 2.24) is 14.8 Å². The minimum absolute atomic E-state index is 0.236. The van der Waals surface area contributed by atoms with Gasteiger partial charge in [0.2, 0.25) is 11.1 Å². The van der Waals surface area contributed by atoms with Crippen LogP contribution in [0.2, 0.25) is 5.02 Å². The van der Waals surface area contributed by atoms with Crippen molar-refractivity contribution in [3.63, 3.8) is 0 Å². The molecule has 0 radical (unpaired) electrons. The lowest BCUT2D eigenvalue weighted by Crippen LogP contribution is -2.31. The third kappa shape index (κ3) is 6.05. The number of hydrogen-bond acceptors (Lipinski definition) is 7. The van der Waals surface area contributed by atoms with E-state index in [1.54, 1.807) is 36.1 Å². The molecule has 2 heterocycles. The number of anilines is 2. The molecule has 1 amide bonds. The summed E-state index contributed by atoms with van der Waals surface area (Å²) in [4.78, 5) is 18.4. The Hall–Kier alpha value is -3.95. The fourth-order valence-corrected chi connectivity index (χ4v) is 5.22. The maximum Gasteiger partial charge on any atom is 0.255 e. The first-order valence-corrected chi connectivity index (χ1v) is 13.8. The number of amides is 1. The van der Waals surface area contributed by atoms with E-state index in [0.29, 0.717) is 51.2 Å². The summed E-state index contributed by atoms with van der Waals surface area (Å²) < 4.78 is 12.6. The number of carbonyl (C=O) groups excluding carboxylic acids is 1. The molecule has 1 aromatic heterocycles. The Morgan fingerprint density at radius 1 is 1.05 bits per heavy atom. The zero-order valence-corrected chi connectivity index (χ0v) is 23.3. The largest absolute Gasteiger partial charge is 0.497 e. The van der Waals surface area contributed by atoms with Gasteiger partial charge in [0.15, 0.2) is 0 Å². The summed E-state index contributed by atoms with van der Waals surface area (Å²) in [6.45, 7) is 4.39. The van der Waals surface area contributed by atoms with Crippen LogP contribution in [0.5, 0.6) is 11.5 Å². The molecule has 2 N–H and O–H groups in total. The van der Waals surface area contributed by atoms with Gasteiger partial charge < -0.3 is 20.1 Å². The molecule has 0 spiro atoms. The molecule has 39 heavy (non-hydrogen) atoms. The van der Waals surface area contributed by atoms with E-state index < -0.39 is 6.04 Å². The molecule has 0 aliphatic carbocycles. The lowest BCUT2D eigenvalue weighted by Gasteiger charge is -2.28. The molecular weight excluding hydrogens is 534 g/mol. The van der Waals surface area contributed by atoms with Crippen LogP contribution in [-0.2, 0) is 10.5 Å². The van der Waals surface area contributed by atoms with E-state index in [0.717, 1.165) is 16.9 Å². The lowest BCUT2D eigenvalue weighted by molar-refractivity contribution is -0.113. The Morgan fingerprint density at radius 2 is 1.74 bits per heavy atom. The maximum absolute atomic E-state index is 13.7. The minimum atomic E-state index is -0.493. The summed E-state index contributed by atoms with van der Waals surface area (Å²) in [5, 5.41) is 12.4. The number of thioether (sulfide) groups is 1. The molecule has 1 aliphatic heterocycles. The Labute approximate surface area is 236 Å². The quantitative estimate of drug-likeness (QED) is 0.224. The second kappa shape index (κ2) is 11.8. The van der Waals surface area contributed by atoms with Crippen molar-refractivity contribution in [2.75, 3.05) is 24.4 Å². The van der Waals surface area contributed by atoms with Crippen molar-refractivity contribution in [2.24, 2.45) is 0 Å². The highest BCUT2D eigenvalue weighted by atomic mass is 35.5. The number of fused-ring (bicyclic) bond motifs is 1. The lowest BCUT2D eigenvalue weighted by atomic mass is 9.95. The van der Waals surface area contributed by atoms with Crippen LogP contribution in [0, 0.1) is 0 Å². The third-order valence-electron chi connectivity index (χ3n) is 6.21. The molecule has 4 aromatic rings. The molecule has 0 bridgehead atoms. The van der Waals surface area contributed by atoms with Crippen molar-refractivity contribution in [1.29, 1.82) is 0 Å². The predicted octanol–water partition coefficient (Wildman–Crippen LogP) is 6.56. The van der Waals surface area contributed by atoms with Gasteiger partial charge in [0.1, 0.15) is 17.5 Å². The molecule has 0 fully saturated rings. The molecule has 0 saturated carbocycles. The molecule has 1 aliphatic rings. The Kier molecular flexibility index (Phi) is 8.09. The molecule has 200 valence electrons. The van der Waals surface area contributed by atoms with Gasteiger partial charge in [0, 0.05) is 22.2 Å². The second-order valence-corrected chi connectivity index (χ2v) is 10.2. The van der Waals surface area contributed by atoms with Crippen LogP contribution in [-0.4, -0.2) is 34.4 Å². The normalized spacial score (nSPS) is 14.4. The first-order chi connectivity index (χ1) is 18.9. The molecule has 5 rings (SSSR count). The summed E-state index contributed by atoms with van der Waals surface area (Å²) in [6.07, 6.45) is 0. The first kappa shape index (κ1) is 26.6. The summed E-state index contributed by atoms with van der Waals surface area (Å²) in [7, 11) is 1.61. The van der Waals surface area contributed by atoms with Crippen LogP contribution in [0.1, 0.15) is 31.0 Å². The number of benzene rings is 3. The number of halogens is 1. The van der Waals surface area contributed by atoms with E-state index in [2.05, 4.69) is 10.6 Å². The number of nitrogens with zero attached hydrogens (tertiary/aromatic N) is 3. The molecule has 10 heteroatoms. The highest BCUT2D eigenvalue weighted by Gasteiger charge is 2.34. The molecule has 3 aromatic carbocycles. The standard InChI is InChI=1S/C29H28ClN5O3S/c1-4-38-24-13-7-20(8-14-24)26-25(27(36)32-22-11-15-23(37-3)16-12-22)18(2)31-28-33-29(34-35(26)28)39-17-19-5-9-21(30)10-6-19/h5-16,26H,4,17H2,1-3H3,(H,32,36)(H,31,33,34)/t26-/m1/s1. The summed E-state index contributed by atoms with van der Waals surface area (Å²) in [6, 6.07) is 22.2. The number of methoxy groups -OCH3 is 1. The average Bonchev–Trinajstić information content (AvgIpc) is 3.35. The zero-order valence-electron chi connectivity index (χ0n) is 21.8. The van der Waals surface area contributed by atoms with Crippen molar-refractivity contribution in [2.45, 2.75) is 30.8 Å². The van der Waals surface area contributed by atoms with Gasteiger partial charge in [-0.1, -0.05) is 47.6 Å². The average molecular weight is 562 g/mol. The van der Waals surface area contributed by atoms with Crippen LogP contribution in [0.4, 0.5) is 11.6 Å². The van der Waals surface area contributed by atoms with E-state index in [1.807, 2.05) is 62.4 Å². The molecule has 1 atom stereocenters. The van der Waals surface area contributed by atoms with Gasteiger partial charge in [0.05, 0.1) is 19.3 Å². The second-order valence-electron chi connectivity index (χ2n) is 8.83. The van der Waals surface area contributed by atoms with Crippen LogP contribution in [0.25, 0.3) is 0 Å². The highest BCUT2D eigenvalue weighted by molar-refractivity contribution is 7.98. The van der Waals surface area contributed by atoms with E-state index in [9.17, 15) is 4.79 Å². The van der Waals surface area contributed by atoms with Crippen molar-refractivity contribution < 1.29 is 14.3 Å². The van der Waals surface area contributed by atoms with Crippen molar-refractivity contribution >= 4 is 40.9 Å². The number of ether oxygens (including phenoxy) is 2. The van der Waals surface area contributed by atoms with Gasteiger partial charge in [-0.15, -0.1) is 5.10 Å². The van der Waals surface area contributed by atoms with E-state index >= 15 is 0 Å². The van der Waals surface area contributed by atoms with Crippen LogP contribution >= 0.6 is 23.4 Å². The fourth-order valence-electron chi connectivity index (χ4n) is 4.31. The molecule has 0 unspecified atom stereocenters. The van der Waals surface area contributed by atoms with Gasteiger partial charge in [-0.3, -0.25) is 4.79 Å². The topological polar surface area (TPSA) is 90.3 Å². The van der Waals surface area contributed by atoms with Crippen LogP contribution in [0.15, 0.2) is 89.2 Å². The smallest absolute Gasteiger partial charge is 0.255 e. The van der Waals surface area contributed by atoms with Gasteiger partial charge in [0.25, 0.3) is 5.91 Å². The molecule has 0 saturated heterocycles. The van der Waals surface area contributed by atoms with E-state index in [4.69, 9.17) is 31.2 Å². The van der Waals surface area contributed by atoms with Crippen LogP contribution in [0.3, 0.4) is 0 Å². The minimum Gasteiger partial charge on any atom is -0.497 e. The number of rotatable bonds is 9. The Balaban J connectivity index is 1.46. The van der Waals surface area contributed by atoms with Gasteiger partial charge in [-0.25, -0.2) is 4.68 Å². The highest BCUT2D eigenvalue weighted by Crippen LogP contribution is 2.37. The fraction of sp³-hybridized carbons (Fsp3) is 0.207. The Bertz CT molecular complexity index is 1490. The van der Waals surface area contributed by atoms with E-state index in [1.165, 1.54) is 11.8 Å².